The van der Waals surface area contributed by atoms with Gasteiger partial charge in [-0.25, -0.2) is 13.5 Å². The number of benzene rings is 2. The molecule has 0 aromatic heterocycles. The van der Waals surface area contributed by atoms with Gasteiger partial charge in [0.1, 0.15) is 29.5 Å². The molecule has 3 amide bonds. The summed E-state index contributed by atoms with van der Waals surface area (Å²) < 4.78 is 59.0. The van der Waals surface area contributed by atoms with Gasteiger partial charge in [0, 0.05) is 17.4 Å². The summed E-state index contributed by atoms with van der Waals surface area (Å²) in [6.07, 6.45) is -0.0502. The van der Waals surface area contributed by atoms with Crippen LogP contribution in [0.15, 0.2) is 30.3 Å². The number of anilines is 1. The van der Waals surface area contributed by atoms with Crippen molar-refractivity contribution in [2.75, 3.05) is 18.5 Å². The first-order valence-corrected chi connectivity index (χ1v) is 17.5. The van der Waals surface area contributed by atoms with Gasteiger partial charge in [-0.1, -0.05) is 36.7 Å². The van der Waals surface area contributed by atoms with Crippen LogP contribution in [0.4, 0.5) is 14.5 Å². The van der Waals surface area contributed by atoms with Crippen molar-refractivity contribution >= 4 is 47.6 Å². The molecule has 0 saturated carbocycles. The van der Waals surface area contributed by atoms with Crippen molar-refractivity contribution in [2.24, 2.45) is 0 Å². The number of carbonyl (C=O) groups is 3. The maximum Gasteiger partial charge on any atom is 0.258 e. The van der Waals surface area contributed by atoms with Crippen LogP contribution in [0.25, 0.3) is 0 Å². The maximum absolute atomic E-state index is 14.9. The predicted octanol–water partition coefficient (Wildman–Crippen LogP) is 3.03. The Morgan fingerprint density at radius 1 is 1.18 bits per heavy atom. The average Bonchev–Trinajstić information content (AvgIpc) is 3.07. The molecule has 5 N–H and O–H groups in total. The maximum atomic E-state index is 14.9. The zero-order valence-corrected chi connectivity index (χ0v) is 23.8. The normalized spacial score (nSPS) is 21.1. The Morgan fingerprint density at radius 2 is 1.85 bits per heavy atom. The SMILES string of the molecule is CCOc1ccc2c(c1)CCN(C(=O)C[C@@H]1NS(O)(O)NC1=O)[C@H]2C(=O)Nc1cc(F)c([Si](C)(C)C)c(F)c1. The summed E-state index contributed by atoms with van der Waals surface area (Å²) in [7, 11) is -5.89. The number of carbonyl (C=O) groups excluding carboxylic acids is 3. The quantitative estimate of drug-likeness (QED) is 0.316. The molecule has 4 rings (SSSR count). The van der Waals surface area contributed by atoms with Crippen molar-refractivity contribution in [2.45, 2.75) is 51.5 Å². The highest BCUT2D eigenvalue weighted by Gasteiger charge is 2.41. The average molecular weight is 583 g/mol. The number of rotatable bonds is 7. The van der Waals surface area contributed by atoms with Crippen molar-refractivity contribution in [3.8, 4) is 5.75 Å². The lowest BCUT2D eigenvalue weighted by Gasteiger charge is -2.37. The zero-order valence-electron chi connectivity index (χ0n) is 22.0. The molecule has 212 valence electrons. The number of fused-ring (bicyclic) bond motifs is 1. The van der Waals surface area contributed by atoms with Crippen LogP contribution >= 0.6 is 11.0 Å². The van der Waals surface area contributed by atoms with E-state index in [-0.39, 0.29) is 17.4 Å². The van der Waals surface area contributed by atoms with E-state index in [1.54, 1.807) is 18.2 Å². The molecule has 10 nitrogen and oxygen atoms in total. The summed E-state index contributed by atoms with van der Waals surface area (Å²) in [5, 5.41) is 2.58. The van der Waals surface area contributed by atoms with Crippen LogP contribution in [0.5, 0.6) is 5.75 Å². The van der Waals surface area contributed by atoms with E-state index >= 15 is 0 Å². The van der Waals surface area contributed by atoms with E-state index in [0.29, 0.717) is 24.3 Å². The van der Waals surface area contributed by atoms with Gasteiger partial charge in [-0.2, -0.15) is 4.72 Å². The third kappa shape index (κ3) is 6.25. The highest BCUT2D eigenvalue weighted by molar-refractivity contribution is 8.21. The van der Waals surface area contributed by atoms with E-state index in [0.717, 1.165) is 17.7 Å². The van der Waals surface area contributed by atoms with Gasteiger partial charge in [0.2, 0.25) is 5.91 Å². The molecule has 2 atom stereocenters. The number of ether oxygens (including phenoxy) is 1. The van der Waals surface area contributed by atoms with E-state index in [4.69, 9.17) is 4.74 Å². The van der Waals surface area contributed by atoms with Gasteiger partial charge >= 0.3 is 0 Å². The number of nitrogens with one attached hydrogen (secondary N) is 3. The lowest BCUT2D eigenvalue weighted by atomic mass is 9.91. The second-order valence-corrected chi connectivity index (χ2v) is 17.0. The van der Waals surface area contributed by atoms with E-state index in [9.17, 15) is 32.3 Å². The van der Waals surface area contributed by atoms with Crippen LogP contribution in [-0.2, 0) is 20.8 Å². The number of hydrogen-bond donors (Lipinski definition) is 5. The molecule has 0 radical (unpaired) electrons. The number of nitrogens with zero attached hydrogens (tertiary/aromatic N) is 1. The first-order valence-electron chi connectivity index (χ1n) is 12.4. The third-order valence-corrected chi connectivity index (χ3v) is 9.60. The Bertz CT molecular complexity index is 1300. The number of halogens is 2. The zero-order chi connectivity index (χ0) is 28.7. The summed E-state index contributed by atoms with van der Waals surface area (Å²) >= 11 is 0. The van der Waals surface area contributed by atoms with Gasteiger partial charge < -0.3 is 15.0 Å². The second kappa shape index (κ2) is 10.8. The Morgan fingerprint density at radius 3 is 2.41 bits per heavy atom. The van der Waals surface area contributed by atoms with Gasteiger partial charge in [0.15, 0.2) is 0 Å². The Balaban J connectivity index is 1.65. The molecule has 0 spiro atoms. The molecular formula is C25H32F2N4O6SSi. The molecule has 2 aromatic rings. The fraction of sp³-hybridized carbons (Fsp3) is 0.400. The van der Waals surface area contributed by atoms with Gasteiger partial charge in [-0.15, -0.1) is 0 Å². The predicted molar refractivity (Wildman–Crippen MR) is 146 cm³/mol. The molecule has 1 fully saturated rings. The summed E-state index contributed by atoms with van der Waals surface area (Å²) in [6, 6.07) is 4.87. The number of hydrogen-bond acceptors (Lipinski definition) is 7. The van der Waals surface area contributed by atoms with Crippen molar-refractivity contribution in [3.63, 3.8) is 0 Å². The number of amides is 3. The van der Waals surface area contributed by atoms with Crippen molar-refractivity contribution in [1.29, 1.82) is 0 Å². The Labute approximate surface area is 227 Å². The highest BCUT2D eigenvalue weighted by atomic mass is 32.3. The molecule has 2 aromatic carbocycles. The standard InChI is InChI=1S/C25H32F2N4O6SSi/c1-5-37-16-6-7-17-14(10-16)8-9-31(21(32)13-20-24(33)30-38(35,36)29-20)22(17)25(34)28-15-11-18(26)23(19(27)12-15)39(2,3)4/h6-7,10-12,20,22,29,35-36H,5,8-9,13H2,1-4H3,(H,28,34)(H,30,33)/t20-,22+/m0/s1. The van der Waals surface area contributed by atoms with Crippen LogP contribution in [0, 0.1) is 11.6 Å². The van der Waals surface area contributed by atoms with Gasteiger partial charge in [-0.3, -0.25) is 23.5 Å². The molecule has 0 bridgehead atoms. The van der Waals surface area contributed by atoms with Crippen molar-refractivity contribution < 1.29 is 37.0 Å². The smallest absolute Gasteiger partial charge is 0.258 e. The molecule has 39 heavy (non-hydrogen) atoms. The lowest BCUT2D eigenvalue weighted by molar-refractivity contribution is -0.140. The van der Waals surface area contributed by atoms with Gasteiger partial charge in [0.25, 0.3) is 11.8 Å². The molecule has 2 aliphatic rings. The van der Waals surface area contributed by atoms with E-state index < -0.39 is 66.9 Å². The van der Waals surface area contributed by atoms with Gasteiger partial charge in [-0.05, 0) is 48.7 Å². The third-order valence-electron chi connectivity index (χ3n) is 6.53. The summed E-state index contributed by atoms with van der Waals surface area (Å²) in [4.78, 5) is 40.4. The topological polar surface area (TPSA) is 140 Å². The Kier molecular flexibility index (Phi) is 8.05. The van der Waals surface area contributed by atoms with Crippen LogP contribution in [0.3, 0.4) is 0 Å². The second-order valence-electron chi connectivity index (χ2n) is 10.5. The van der Waals surface area contributed by atoms with Crippen LogP contribution < -0.4 is 24.7 Å². The van der Waals surface area contributed by atoms with E-state index in [1.807, 2.05) is 31.3 Å². The highest BCUT2D eigenvalue weighted by Crippen LogP contribution is 2.37. The van der Waals surface area contributed by atoms with E-state index in [2.05, 4.69) is 10.0 Å². The summed E-state index contributed by atoms with van der Waals surface area (Å²) in [5.74, 6) is -2.94. The largest absolute Gasteiger partial charge is 0.494 e. The molecule has 1 saturated heterocycles. The van der Waals surface area contributed by atoms with E-state index in [1.165, 1.54) is 4.90 Å². The first kappa shape index (κ1) is 29.0. The molecule has 0 unspecified atom stereocenters. The minimum Gasteiger partial charge on any atom is -0.494 e. The first-order chi connectivity index (χ1) is 18.2. The summed E-state index contributed by atoms with van der Waals surface area (Å²) in [5.41, 5.74) is 1.18. The minimum absolute atomic E-state index is 0.0251. The molecule has 2 heterocycles. The molecule has 14 heteroatoms. The molecule has 2 aliphatic heterocycles. The summed E-state index contributed by atoms with van der Waals surface area (Å²) in [6.45, 7) is 7.82. The Hall–Kier alpha value is -3.04. The molecule has 0 aliphatic carbocycles. The monoisotopic (exact) mass is 582 g/mol. The lowest BCUT2D eigenvalue weighted by Crippen LogP contribution is -2.47. The van der Waals surface area contributed by atoms with Gasteiger partial charge in [0.05, 0.1) is 21.1 Å². The molecular weight excluding hydrogens is 550 g/mol. The van der Waals surface area contributed by atoms with Crippen molar-refractivity contribution in [3.05, 3.63) is 53.1 Å². The van der Waals surface area contributed by atoms with Crippen molar-refractivity contribution in [1.82, 2.24) is 14.3 Å². The van der Waals surface area contributed by atoms with Crippen LogP contribution in [0.1, 0.15) is 30.5 Å². The van der Waals surface area contributed by atoms with Crippen LogP contribution in [-0.4, -0.2) is 59.0 Å². The fourth-order valence-electron chi connectivity index (χ4n) is 4.90. The minimum atomic E-state index is -3.55. The fourth-order valence-corrected chi connectivity index (χ4v) is 7.55. The van der Waals surface area contributed by atoms with Crippen LogP contribution in [0.2, 0.25) is 19.6 Å².